The van der Waals surface area contributed by atoms with E-state index < -0.39 is 0 Å². The van der Waals surface area contributed by atoms with Crippen LogP contribution < -0.4 is 5.32 Å². The fraction of sp³-hybridized carbons (Fsp3) is 0.533. The number of thiophene rings is 1. The molecular formula is C15H21N3OS. The number of hydrogen-bond donors (Lipinski definition) is 1. The third-order valence-corrected chi connectivity index (χ3v) is 4.91. The lowest BCUT2D eigenvalue weighted by Gasteiger charge is -2.35. The number of amides is 1. The first kappa shape index (κ1) is 13.8. The van der Waals surface area contributed by atoms with Crippen molar-refractivity contribution >= 4 is 17.2 Å². The average Bonchev–Trinajstić information content (AvgIpc) is 2.89. The lowest BCUT2D eigenvalue weighted by atomic mass is 10.0. The second kappa shape index (κ2) is 6.08. The Labute approximate surface area is 124 Å². The van der Waals surface area contributed by atoms with Gasteiger partial charge in [0, 0.05) is 51.4 Å². The van der Waals surface area contributed by atoms with Gasteiger partial charge in [0.2, 0.25) is 5.91 Å². The van der Waals surface area contributed by atoms with E-state index in [1.54, 1.807) is 11.3 Å². The molecule has 0 atom stereocenters. The van der Waals surface area contributed by atoms with Gasteiger partial charge in [0.1, 0.15) is 0 Å². The van der Waals surface area contributed by atoms with Gasteiger partial charge < -0.3 is 10.2 Å². The molecule has 2 saturated heterocycles. The predicted octanol–water partition coefficient (Wildman–Crippen LogP) is 1.31. The minimum Gasteiger partial charge on any atom is -0.336 e. The van der Waals surface area contributed by atoms with Gasteiger partial charge in [-0.2, -0.15) is 11.3 Å². The third kappa shape index (κ3) is 2.95. The number of carbonyl (C=O) groups excluding carboxylic acids is 1. The van der Waals surface area contributed by atoms with E-state index in [4.69, 9.17) is 0 Å². The normalized spacial score (nSPS) is 19.9. The Balaban J connectivity index is 1.52. The van der Waals surface area contributed by atoms with Crippen molar-refractivity contribution in [1.82, 2.24) is 15.1 Å². The molecule has 3 rings (SSSR count). The summed E-state index contributed by atoms with van der Waals surface area (Å²) in [5, 5.41) is 7.52. The zero-order valence-electron chi connectivity index (χ0n) is 11.9. The molecule has 0 saturated carbocycles. The standard InChI is InChI=1S/C15H21N3OS/c1-12(14-8-16-9-14)15(19)18-5-3-17(4-6-18)10-13-2-7-20-11-13/h2,7,11,16H,3-6,8-10H2,1H3. The maximum Gasteiger partial charge on any atom is 0.249 e. The van der Waals surface area contributed by atoms with Crippen LogP contribution in [0.25, 0.3) is 0 Å². The first-order valence-electron chi connectivity index (χ1n) is 7.16. The minimum atomic E-state index is 0.233. The summed E-state index contributed by atoms with van der Waals surface area (Å²) in [6.45, 7) is 8.39. The van der Waals surface area contributed by atoms with Crippen molar-refractivity contribution in [3.05, 3.63) is 33.5 Å². The predicted molar refractivity (Wildman–Crippen MR) is 81.7 cm³/mol. The van der Waals surface area contributed by atoms with Gasteiger partial charge in [-0.15, -0.1) is 0 Å². The van der Waals surface area contributed by atoms with Crippen LogP contribution in [0.3, 0.4) is 0 Å². The van der Waals surface area contributed by atoms with Crippen LogP contribution >= 0.6 is 11.3 Å². The van der Waals surface area contributed by atoms with E-state index in [1.807, 2.05) is 11.8 Å². The van der Waals surface area contributed by atoms with Crippen molar-refractivity contribution in [2.75, 3.05) is 39.3 Å². The summed E-state index contributed by atoms with van der Waals surface area (Å²) >= 11 is 1.75. The van der Waals surface area contributed by atoms with Gasteiger partial charge in [-0.05, 0) is 34.9 Å². The molecular weight excluding hydrogens is 270 g/mol. The smallest absolute Gasteiger partial charge is 0.249 e. The van der Waals surface area contributed by atoms with Crippen LogP contribution in [0.5, 0.6) is 0 Å². The number of hydrogen-bond acceptors (Lipinski definition) is 4. The second-order valence-corrected chi connectivity index (χ2v) is 6.31. The Morgan fingerprint density at radius 1 is 1.30 bits per heavy atom. The Morgan fingerprint density at radius 2 is 2.05 bits per heavy atom. The van der Waals surface area contributed by atoms with Crippen molar-refractivity contribution in [1.29, 1.82) is 0 Å². The molecule has 0 aromatic carbocycles. The van der Waals surface area contributed by atoms with Crippen LogP contribution in [-0.4, -0.2) is 55.0 Å². The number of nitrogens with zero attached hydrogens (tertiary/aromatic N) is 2. The van der Waals surface area contributed by atoms with Crippen molar-refractivity contribution in [2.45, 2.75) is 13.5 Å². The van der Waals surface area contributed by atoms with E-state index in [2.05, 4.69) is 27.0 Å². The molecule has 2 fully saturated rings. The van der Waals surface area contributed by atoms with Gasteiger partial charge in [-0.25, -0.2) is 0 Å². The summed E-state index contributed by atoms with van der Waals surface area (Å²) in [6.07, 6.45) is 0. The molecule has 0 bridgehead atoms. The Kier molecular flexibility index (Phi) is 4.19. The highest BCUT2D eigenvalue weighted by molar-refractivity contribution is 7.07. The fourth-order valence-electron chi connectivity index (χ4n) is 2.65. The first-order valence-corrected chi connectivity index (χ1v) is 8.10. The fourth-order valence-corrected chi connectivity index (χ4v) is 3.31. The topological polar surface area (TPSA) is 35.6 Å². The molecule has 0 radical (unpaired) electrons. The molecule has 2 aliphatic rings. The summed E-state index contributed by atoms with van der Waals surface area (Å²) < 4.78 is 0. The van der Waals surface area contributed by atoms with Crippen LogP contribution in [-0.2, 0) is 11.3 Å². The summed E-state index contributed by atoms with van der Waals surface area (Å²) in [6, 6.07) is 2.18. The molecule has 108 valence electrons. The molecule has 3 heterocycles. The maximum atomic E-state index is 12.4. The number of piperazine rings is 1. The van der Waals surface area contributed by atoms with Crippen molar-refractivity contribution in [3.8, 4) is 0 Å². The number of nitrogens with one attached hydrogen (secondary N) is 1. The Bertz CT molecular complexity index is 495. The quantitative estimate of drug-likeness (QED) is 0.853. The highest BCUT2D eigenvalue weighted by Gasteiger charge is 2.24. The van der Waals surface area contributed by atoms with Crippen molar-refractivity contribution in [3.63, 3.8) is 0 Å². The van der Waals surface area contributed by atoms with E-state index in [1.165, 1.54) is 11.1 Å². The lowest BCUT2D eigenvalue weighted by Crippen LogP contribution is -2.49. The second-order valence-electron chi connectivity index (χ2n) is 5.53. The zero-order valence-corrected chi connectivity index (χ0v) is 12.7. The minimum absolute atomic E-state index is 0.233. The van der Waals surface area contributed by atoms with Crippen LogP contribution in [0.1, 0.15) is 12.5 Å². The molecule has 1 N–H and O–H groups in total. The van der Waals surface area contributed by atoms with Gasteiger partial charge >= 0.3 is 0 Å². The maximum absolute atomic E-state index is 12.4. The molecule has 1 aromatic rings. The van der Waals surface area contributed by atoms with E-state index >= 15 is 0 Å². The highest BCUT2D eigenvalue weighted by atomic mass is 32.1. The SMILES string of the molecule is CC(C(=O)N1CCN(Cc2ccsc2)CC1)=C1CNC1. The largest absolute Gasteiger partial charge is 0.336 e. The van der Waals surface area contributed by atoms with Gasteiger partial charge in [-0.1, -0.05) is 0 Å². The molecule has 0 unspecified atom stereocenters. The average molecular weight is 291 g/mol. The Hall–Kier alpha value is -1.17. The van der Waals surface area contributed by atoms with E-state index in [-0.39, 0.29) is 5.91 Å². The molecule has 0 spiro atoms. The monoisotopic (exact) mass is 291 g/mol. The summed E-state index contributed by atoms with van der Waals surface area (Å²) in [5.41, 5.74) is 3.61. The zero-order chi connectivity index (χ0) is 13.9. The first-order chi connectivity index (χ1) is 9.74. The molecule has 1 amide bonds. The molecule has 20 heavy (non-hydrogen) atoms. The molecule has 2 aliphatic heterocycles. The Morgan fingerprint density at radius 3 is 2.60 bits per heavy atom. The highest BCUT2D eigenvalue weighted by Crippen LogP contribution is 2.15. The summed E-state index contributed by atoms with van der Waals surface area (Å²) in [7, 11) is 0. The van der Waals surface area contributed by atoms with Crippen molar-refractivity contribution < 1.29 is 4.79 Å². The number of carbonyl (C=O) groups is 1. The van der Waals surface area contributed by atoms with E-state index in [9.17, 15) is 4.79 Å². The number of rotatable bonds is 3. The summed E-state index contributed by atoms with van der Waals surface area (Å²) in [5.74, 6) is 0.233. The van der Waals surface area contributed by atoms with Crippen molar-refractivity contribution in [2.24, 2.45) is 0 Å². The summed E-state index contributed by atoms with van der Waals surface area (Å²) in [4.78, 5) is 16.8. The van der Waals surface area contributed by atoms with Crippen LogP contribution in [0.15, 0.2) is 28.0 Å². The molecule has 4 nitrogen and oxygen atoms in total. The molecule has 5 heteroatoms. The van der Waals surface area contributed by atoms with E-state index in [0.29, 0.717) is 0 Å². The van der Waals surface area contributed by atoms with Crippen LogP contribution in [0.4, 0.5) is 0 Å². The third-order valence-electron chi connectivity index (χ3n) is 4.17. The van der Waals surface area contributed by atoms with E-state index in [0.717, 1.165) is 51.4 Å². The van der Waals surface area contributed by atoms with Gasteiger partial charge in [0.25, 0.3) is 0 Å². The molecule has 1 aromatic heterocycles. The van der Waals surface area contributed by atoms with Gasteiger partial charge in [0.15, 0.2) is 0 Å². The molecule has 0 aliphatic carbocycles. The van der Waals surface area contributed by atoms with Gasteiger partial charge in [0.05, 0.1) is 0 Å². The lowest BCUT2D eigenvalue weighted by molar-refractivity contribution is -0.129. The van der Waals surface area contributed by atoms with Crippen LogP contribution in [0.2, 0.25) is 0 Å². The van der Waals surface area contributed by atoms with Crippen LogP contribution in [0, 0.1) is 0 Å². The van der Waals surface area contributed by atoms with Gasteiger partial charge in [-0.3, -0.25) is 9.69 Å².